The number of nitro benzene ring substituents is 1. The van der Waals surface area contributed by atoms with Crippen molar-refractivity contribution in [2.45, 2.75) is 26.4 Å². The fourth-order valence-electron chi connectivity index (χ4n) is 2.67. The van der Waals surface area contributed by atoms with Gasteiger partial charge >= 0.3 is 5.97 Å². The molecule has 7 nitrogen and oxygen atoms in total. The van der Waals surface area contributed by atoms with Crippen LogP contribution >= 0.6 is 0 Å². The van der Waals surface area contributed by atoms with E-state index in [9.17, 15) is 19.7 Å². The van der Waals surface area contributed by atoms with Crippen LogP contribution in [0.1, 0.15) is 47.1 Å². The summed E-state index contributed by atoms with van der Waals surface area (Å²) >= 11 is 0. The second-order valence-electron chi connectivity index (χ2n) is 6.58. The highest BCUT2D eigenvalue weighted by Gasteiger charge is 2.37. The Bertz CT molecular complexity index is 910. The van der Waals surface area contributed by atoms with Crippen LogP contribution in [0.4, 0.5) is 5.69 Å². The van der Waals surface area contributed by atoms with Gasteiger partial charge < -0.3 is 0 Å². The second-order valence-corrected chi connectivity index (χ2v) is 6.58. The third-order valence-corrected chi connectivity index (χ3v) is 3.64. The molecule has 0 atom stereocenters. The quantitative estimate of drug-likeness (QED) is 0.409. The van der Waals surface area contributed by atoms with E-state index in [4.69, 9.17) is 9.78 Å². The summed E-state index contributed by atoms with van der Waals surface area (Å²) in [5, 5.41) is 11.3. The predicted molar refractivity (Wildman–Crippen MR) is 88.2 cm³/mol. The van der Waals surface area contributed by atoms with Crippen molar-refractivity contribution in [3.8, 4) is 11.1 Å². The minimum atomic E-state index is -0.814. The Balaban J connectivity index is 2.17. The summed E-state index contributed by atoms with van der Waals surface area (Å²) in [6.45, 7) is 5.12. The maximum atomic E-state index is 12.6. The van der Waals surface area contributed by atoms with E-state index >= 15 is 0 Å². The second kappa shape index (κ2) is 5.78. The smallest absolute Gasteiger partial charge is 0.292 e. The van der Waals surface area contributed by atoms with Crippen molar-refractivity contribution in [2.75, 3.05) is 0 Å². The molecule has 2 aromatic rings. The third kappa shape index (κ3) is 2.89. The van der Waals surface area contributed by atoms with Crippen molar-refractivity contribution >= 4 is 17.4 Å². The van der Waals surface area contributed by atoms with Crippen LogP contribution in [0, 0.1) is 10.1 Å². The number of fused-ring (bicyclic) bond motifs is 3. The first-order chi connectivity index (χ1) is 11.7. The number of nitrogens with zero attached hydrogens (tertiary/aromatic N) is 1. The standard InChI is InChI=1S/C18H15NO6/c1-18(2,3)25-24-17(21)12-8-9-13(19(22)23)15-14(12)10-6-4-5-7-11(10)16(15)20/h4-9H,1-3H3. The first-order valence-corrected chi connectivity index (χ1v) is 7.56. The topological polar surface area (TPSA) is 95.7 Å². The van der Waals surface area contributed by atoms with Gasteiger partial charge in [0.1, 0.15) is 11.2 Å². The largest absolute Gasteiger partial charge is 0.373 e. The van der Waals surface area contributed by atoms with Crippen molar-refractivity contribution < 1.29 is 24.3 Å². The molecular formula is C18H15NO6. The molecule has 0 bridgehead atoms. The highest BCUT2D eigenvalue weighted by Crippen LogP contribution is 2.43. The van der Waals surface area contributed by atoms with Crippen LogP contribution in [0.5, 0.6) is 0 Å². The number of hydrogen-bond acceptors (Lipinski definition) is 6. The summed E-state index contributed by atoms with van der Waals surface area (Å²) in [7, 11) is 0. The maximum absolute atomic E-state index is 12.6. The van der Waals surface area contributed by atoms with Crippen molar-refractivity contribution in [3.63, 3.8) is 0 Å². The molecule has 0 radical (unpaired) electrons. The Kier molecular flexibility index (Phi) is 3.88. The molecule has 0 heterocycles. The molecular weight excluding hydrogens is 326 g/mol. The summed E-state index contributed by atoms with van der Waals surface area (Å²) in [6, 6.07) is 8.99. The number of benzene rings is 2. The van der Waals surface area contributed by atoms with Crippen LogP contribution in [0.15, 0.2) is 36.4 Å². The molecule has 2 aromatic carbocycles. The van der Waals surface area contributed by atoms with E-state index < -0.39 is 22.3 Å². The number of carbonyl (C=O) groups excluding carboxylic acids is 2. The molecule has 0 aromatic heterocycles. The van der Waals surface area contributed by atoms with E-state index in [2.05, 4.69) is 0 Å². The minimum Gasteiger partial charge on any atom is -0.292 e. The van der Waals surface area contributed by atoms with E-state index in [0.29, 0.717) is 11.1 Å². The van der Waals surface area contributed by atoms with Crippen LogP contribution in [-0.4, -0.2) is 22.3 Å². The van der Waals surface area contributed by atoms with Crippen molar-refractivity contribution in [1.29, 1.82) is 0 Å². The van der Waals surface area contributed by atoms with Gasteiger partial charge in [-0.05, 0) is 32.4 Å². The Morgan fingerprint density at radius 1 is 1.04 bits per heavy atom. The molecule has 7 heteroatoms. The van der Waals surface area contributed by atoms with Crippen LogP contribution in [-0.2, 0) is 9.78 Å². The zero-order valence-electron chi connectivity index (χ0n) is 13.9. The van der Waals surface area contributed by atoms with Gasteiger partial charge in [-0.2, -0.15) is 4.89 Å². The number of carbonyl (C=O) groups is 2. The van der Waals surface area contributed by atoms with Gasteiger partial charge in [0.25, 0.3) is 5.69 Å². The summed E-state index contributed by atoms with van der Waals surface area (Å²) in [5.74, 6) is -1.30. The van der Waals surface area contributed by atoms with Gasteiger partial charge in [-0.3, -0.25) is 19.8 Å². The van der Waals surface area contributed by atoms with E-state index in [1.54, 1.807) is 45.0 Å². The fraction of sp³-hybridized carbons (Fsp3) is 0.222. The Morgan fingerprint density at radius 3 is 2.28 bits per heavy atom. The molecule has 0 aliphatic heterocycles. The van der Waals surface area contributed by atoms with Gasteiger partial charge in [0.05, 0.1) is 10.5 Å². The SMILES string of the molecule is CC(C)(C)OOC(=O)c1ccc([N+](=O)[O-])c2c1-c1ccccc1C2=O. The van der Waals surface area contributed by atoms with Crippen molar-refractivity contribution in [3.05, 3.63) is 63.2 Å². The minimum absolute atomic E-state index is 0.0446. The first kappa shape index (κ1) is 16.8. The zero-order valence-corrected chi connectivity index (χ0v) is 13.9. The first-order valence-electron chi connectivity index (χ1n) is 7.56. The molecule has 3 rings (SSSR count). The summed E-state index contributed by atoms with van der Waals surface area (Å²) in [4.78, 5) is 45.6. The number of nitro groups is 1. The lowest BCUT2D eigenvalue weighted by molar-refractivity contribution is -0.385. The summed E-state index contributed by atoms with van der Waals surface area (Å²) in [6.07, 6.45) is 0. The number of ketones is 1. The molecule has 128 valence electrons. The highest BCUT2D eigenvalue weighted by molar-refractivity contribution is 6.26. The molecule has 0 fully saturated rings. The van der Waals surface area contributed by atoms with E-state index in [1.165, 1.54) is 6.07 Å². The van der Waals surface area contributed by atoms with Gasteiger partial charge in [-0.15, -0.1) is 0 Å². The third-order valence-electron chi connectivity index (χ3n) is 3.64. The van der Waals surface area contributed by atoms with Gasteiger partial charge in [0.2, 0.25) is 5.78 Å². The maximum Gasteiger partial charge on any atom is 0.373 e. The van der Waals surface area contributed by atoms with Crippen LogP contribution in [0.2, 0.25) is 0 Å². The zero-order chi connectivity index (χ0) is 18.4. The molecule has 1 aliphatic carbocycles. The lowest BCUT2D eigenvalue weighted by Crippen LogP contribution is -2.22. The molecule has 0 amide bonds. The average molecular weight is 341 g/mol. The normalized spacial score (nSPS) is 12.5. The molecule has 0 unspecified atom stereocenters. The number of hydrogen-bond donors (Lipinski definition) is 0. The summed E-state index contributed by atoms with van der Waals surface area (Å²) in [5.41, 5.74) is -0.124. The lowest BCUT2D eigenvalue weighted by Gasteiger charge is -2.17. The average Bonchev–Trinajstić information content (AvgIpc) is 2.85. The predicted octanol–water partition coefficient (Wildman–Crippen LogP) is 3.69. The molecule has 0 saturated carbocycles. The monoisotopic (exact) mass is 341 g/mol. The van der Waals surface area contributed by atoms with Crippen LogP contribution in [0.25, 0.3) is 11.1 Å². The Hall–Kier alpha value is -3.06. The van der Waals surface area contributed by atoms with Gasteiger partial charge in [0, 0.05) is 17.2 Å². The van der Waals surface area contributed by atoms with Gasteiger partial charge in [0.15, 0.2) is 0 Å². The van der Waals surface area contributed by atoms with E-state index in [0.717, 1.165) is 6.07 Å². The van der Waals surface area contributed by atoms with Gasteiger partial charge in [-0.25, -0.2) is 4.79 Å². The van der Waals surface area contributed by atoms with E-state index in [1.807, 2.05) is 0 Å². The molecule has 0 spiro atoms. The Morgan fingerprint density at radius 2 is 1.68 bits per heavy atom. The van der Waals surface area contributed by atoms with Gasteiger partial charge in [-0.1, -0.05) is 24.3 Å². The number of rotatable bonds is 3. The van der Waals surface area contributed by atoms with Crippen molar-refractivity contribution in [2.24, 2.45) is 0 Å². The fourth-order valence-corrected chi connectivity index (χ4v) is 2.67. The Labute approximate surface area is 143 Å². The highest BCUT2D eigenvalue weighted by atomic mass is 17.2. The molecule has 0 N–H and O–H groups in total. The van der Waals surface area contributed by atoms with Crippen LogP contribution in [0.3, 0.4) is 0 Å². The molecule has 0 saturated heterocycles. The van der Waals surface area contributed by atoms with Crippen LogP contribution < -0.4 is 0 Å². The lowest BCUT2D eigenvalue weighted by atomic mass is 9.98. The summed E-state index contributed by atoms with van der Waals surface area (Å²) < 4.78 is 0. The molecule has 1 aliphatic rings. The van der Waals surface area contributed by atoms with Crippen molar-refractivity contribution in [1.82, 2.24) is 0 Å². The van der Waals surface area contributed by atoms with E-state index in [-0.39, 0.29) is 22.4 Å². The molecule has 25 heavy (non-hydrogen) atoms.